The van der Waals surface area contributed by atoms with E-state index >= 15 is 0 Å². The van der Waals surface area contributed by atoms with Crippen molar-refractivity contribution in [3.63, 3.8) is 0 Å². The third kappa shape index (κ3) is 1.81. The molecule has 0 aromatic heterocycles. The lowest BCUT2D eigenvalue weighted by Gasteiger charge is -2.19. The van der Waals surface area contributed by atoms with Crippen molar-refractivity contribution >= 4 is 23.5 Å². The zero-order valence-electron chi connectivity index (χ0n) is 12.1. The molecule has 1 heterocycles. The molecule has 4 atom stereocenters. The molecule has 3 aliphatic rings. The molecule has 3 fully saturated rings. The van der Waals surface area contributed by atoms with Crippen molar-refractivity contribution in [1.82, 2.24) is 0 Å². The Kier molecular flexibility index (Phi) is 2.86. The van der Waals surface area contributed by atoms with E-state index in [0.29, 0.717) is 23.1 Å². The molecule has 2 bridgehead atoms. The van der Waals surface area contributed by atoms with Gasteiger partial charge in [-0.25, -0.2) is 0 Å². The number of benzene rings is 1. The van der Waals surface area contributed by atoms with E-state index in [9.17, 15) is 14.4 Å². The standard InChI is InChI=1S/C17H17NO4/c19-13(20)7-9-1-5-12(6-2-9)18-16(21)14-10-3-4-11(8-10)15(14)17(18)22/h1-2,5-6,10-11,14-15H,3-4,7-8H2,(H,19,20)/t10-,11-,14-,15+/m0/s1. The van der Waals surface area contributed by atoms with Crippen LogP contribution in [0.1, 0.15) is 24.8 Å². The van der Waals surface area contributed by atoms with Crippen LogP contribution in [0.25, 0.3) is 0 Å². The molecule has 1 aromatic carbocycles. The average molecular weight is 299 g/mol. The number of carboxylic acid groups (broad SMARTS) is 1. The van der Waals surface area contributed by atoms with Gasteiger partial charge in [0.25, 0.3) is 0 Å². The molecule has 1 saturated heterocycles. The summed E-state index contributed by atoms with van der Waals surface area (Å²) in [7, 11) is 0. The van der Waals surface area contributed by atoms with Crippen LogP contribution < -0.4 is 4.90 Å². The Morgan fingerprint density at radius 1 is 1.05 bits per heavy atom. The monoisotopic (exact) mass is 299 g/mol. The van der Waals surface area contributed by atoms with Crippen molar-refractivity contribution in [3.8, 4) is 0 Å². The summed E-state index contributed by atoms with van der Waals surface area (Å²) < 4.78 is 0. The smallest absolute Gasteiger partial charge is 0.307 e. The summed E-state index contributed by atoms with van der Waals surface area (Å²) in [4.78, 5) is 37.4. The Labute approximate surface area is 127 Å². The molecule has 0 unspecified atom stereocenters. The fraction of sp³-hybridized carbons (Fsp3) is 0.471. The number of rotatable bonds is 3. The predicted molar refractivity (Wildman–Crippen MR) is 78.1 cm³/mol. The largest absolute Gasteiger partial charge is 0.481 e. The van der Waals surface area contributed by atoms with Crippen LogP contribution in [0.2, 0.25) is 0 Å². The zero-order valence-corrected chi connectivity index (χ0v) is 12.1. The number of carboxylic acids is 1. The minimum atomic E-state index is -0.896. The van der Waals surface area contributed by atoms with Crippen LogP contribution >= 0.6 is 0 Å². The number of hydrogen-bond acceptors (Lipinski definition) is 3. The first-order chi connectivity index (χ1) is 10.6. The number of imide groups is 1. The van der Waals surface area contributed by atoms with Crippen molar-refractivity contribution in [2.24, 2.45) is 23.7 Å². The topological polar surface area (TPSA) is 74.7 Å². The van der Waals surface area contributed by atoms with E-state index in [1.165, 1.54) is 4.90 Å². The van der Waals surface area contributed by atoms with Crippen LogP contribution in [-0.2, 0) is 20.8 Å². The first kappa shape index (κ1) is 13.5. The fourth-order valence-corrected chi connectivity index (χ4v) is 4.60. The highest BCUT2D eigenvalue weighted by atomic mass is 16.4. The Bertz CT molecular complexity index is 638. The normalized spacial score (nSPS) is 32.6. The molecule has 0 radical (unpaired) electrons. The summed E-state index contributed by atoms with van der Waals surface area (Å²) in [5.41, 5.74) is 1.23. The molecular formula is C17H17NO4. The predicted octanol–water partition coefficient (Wildman–Crippen LogP) is 1.85. The minimum absolute atomic E-state index is 0.0580. The molecule has 4 rings (SSSR count). The van der Waals surface area contributed by atoms with E-state index < -0.39 is 5.97 Å². The second-order valence-corrected chi connectivity index (χ2v) is 6.63. The van der Waals surface area contributed by atoms with Crippen LogP contribution in [-0.4, -0.2) is 22.9 Å². The number of hydrogen-bond donors (Lipinski definition) is 1. The molecule has 2 aliphatic carbocycles. The van der Waals surface area contributed by atoms with Crippen LogP contribution in [0, 0.1) is 23.7 Å². The third-order valence-electron chi connectivity index (χ3n) is 5.48. The van der Waals surface area contributed by atoms with Crippen LogP contribution in [0.4, 0.5) is 5.69 Å². The van der Waals surface area contributed by atoms with E-state index in [1.54, 1.807) is 24.3 Å². The van der Waals surface area contributed by atoms with Gasteiger partial charge in [-0.05, 0) is 48.8 Å². The fourth-order valence-electron chi connectivity index (χ4n) is 4.60. The first-order valence-corrected chi connectivity index (χ1v) is 7.75. The van der Waals surface area contributed by atoms with E-state index in [0.717, 1.165) is 19.3 Å². The Balaban J connectivity index is 1.62. The molecule has 2 saturated carbocycles. The third-order valence-corrected chi connectivity index (χ3v) is 5.48. The maximum Gasteiger partial charge on any atom is 0.307 e. The van der Waals surface area contributed by atoms with Gasteiger partial charge in [-0.1, -0.05) is 12.1 Å². The molecule has 2 amide bonds. The van der Waals surface area contributed by atoms with Crippen molar-refractivity contribution in [2.45, 2.75) is 25.7 Å². The highest BCUT2D eigenvalue weighted by Gasteiger charge is 2.61. The number of anilines is 1. The van der Waals surface area contributed by atoms with Crippen molar-refractivity contribution in [3.05, 3.63) is 29.8 Å². The summed E-state index contributed by atoms with van der Waals surface area (Å²) in [5.74, 6) is -0.506. The maximum atomic E-state index is 12.7. The second kappa shape index (κ2) is 4.66. The van der Waals surface area contributed by atoms with Crippen molar-refractivity contribution in [2.75, 3.05) is 4.90 Å². The lowest BCUT2D eigenvalue weighted by Crippen LogP contribution is -2.32. The van der Waals surface area contributed by atoms with Crippen molar-refractivity contribution in [1.29, 1.82) is 0 Å². The molecule has 1 N–H and O–H groups in total. The quantitative estimate of drug-likeness (QED) is 0.864. The van der Waals surface area contributed by atoms with Gasteiger partial charge in [0.05, 0.1) is 23.9 Å². The zero-order chi connectivity index (χ0) is 15.4. The van der Waals surface area contributed by atoms with Crippen LogP contribution in [0.3, 0.4) is 0 Å². The molecule has 1 aliphatic heterocycles. The minimum Gasteiger partial charge on any atom is -0.481 e. The lowest BCUT2D eigenvalue weighted by molar-refractivity contribution is -0.136. The van der Waals surface area contributed by atoms with Gasteiger partial charge in [-0.2, -0.15) is 0 Å². The highest BCUT2D eigenvalue weighted by molar-refractivity contribution is 6.22. The molecule has 0 spiro atoms. The molecule has 5 heteroatoms. The summed E-state index contributed by atoms with van der Waals surface area (Å²) in [6.07, 6.45) is 3.10. The lowest BCUT2D eigenvalue weighted by atomic mass is 9.81. The molecule has 114 valence electrons. The van der Waals surface area contributed by atoms with E-state index in [4.69, 9.17) is 5.11 Å². The maximum absolute atomic E-state index is 12.7. The summed E-state index contributed by atoms with van der Waals surface area (Å²) in [5, 5.41) is 8.79. The van der Waals surface area contributed by atoms with Gasteiger partial charge >= 0.3 is 5.97 Å². The number of amides is 2. The van der Waals surface area contributed by atoms with Gasteiger partial charge < -0.3 is 5.11 Å². The SMILES string of the molecule is O=C(O)Cc1ccc(N2C(=O)[C@@H]3[C@H]4CC[C@@H](C4)[C@@H]3C2=O)cc1. The Morgan fingerprint density at radius 2 is 1.59 bits per heavy atom. The Hall–Kier alpha value is -2.17. The van der Waals surface area contributed by atoms with E-state index in [1.807, 2.05) is 0 Å². The van der Waals surface area contributed by atoms with Gasteiger partial charge in [0.2, 0.25) is 11.8 Å². The average Bonchev–Trinajstić information content (AvgIpc) is 3.14. The van der Waals surface area contributed by atoms with Gasteiger partial charge in [0.1, 0.15) is 0 Å². The number of carbonyl (C=O) groups is 3. The number of nitrogens with zero attached hydrogens (tertiary/aromatic N) is 1. The summed E-state index contributed by atoms with van der Waals surface area (Å²) in [6.45, 7) is 0. The summed E-state index contributed by atoms with van der Waals surface area (Å²) >= 11 is 0. The second-order valence-electron chi connectivity index (χ2n) is 6.63. The molecule has 5 nitrogen and oxygen atoms in total. The molecular weight excluding hydrogens is 282 g/mol. The van der Waals surface area contributed by atoms with Crippen LogP contribution in [0.15, 0.2) is 24.3 Å². The summed E-state index contributed by atoms with van der Waals surface area (Å²) in [6, 6.07) is 6.70. The number of aliphatic carboxylic acids is 1. The van der Waals surface area contributed by atoms with Gasteiger partial charge in [-0.3, -0.25) is 19.3 Å². The first-order valence-electron chi connectivity index (χ1n) is 7.75. The van der Waals surface area contributed by atoms with Gasteiger partial charge in [-0.15, -0.1) is 0 Å². The van der Waals surface area contributed by atoms with Gasteiger partial charge in [0, 0.05) is 0 Å². The van der Waals surface area contributed by atoms with E-state index in [2.05, 4.69) is 0 Å². The highest BCUT2D eigenvalue weighted by Crippen LogP contribution is 2.56. The number of carbonyl (C=O) groups excluding carboxylic acids is 2. The number of fused-ring (bicyclic) bond motifs is 5. The van der Waals surface area contributed by atoms with Crippen molar-refractivity contribution < 1.29 is 19.5 Å². The molecule has 22 heavy (non-hydrogen) atoms. The van der Waals surface area contributed by atoms with E-state index in [-0.39, 0.29) is 30.1 Å². The van der Waals surface area contributed by atoms with Gasteiger partial charge in [0.15, 0.2) is 0 Å². The molecule has 1 aromatic rings. The Morgan fingerprint density at radius 3 is 2.09 bits per heavy atom. The van der Waals surface area contributed by atoms with Crippen LogP contribution in [0.5, 0.6) is 0 Å².